The maximum absolute atomic E-state index is 8.49. The third-order valence-corrected chi connectivity index (χ3v) is 6.08. The molecule has 1 heterocycles. The molecule has 0 saturated carbocycles. The minimum absolute atomic E-state index is 0.473. The summed E-state index contributed by atoms with van der Waals surface area (Å²) in [6, 6.07) is 0. The van der Waals surface area contributed by atoms with Gasteiger partial charge in [-0.05, 0) is 0 Å². The number of rotatable bonds is 0. The van der Waals surface area contributed by atoms with Crippen LogP contribution in [0.15, 0.2) is 0 Å². The fourth-order valence-corrected chi connectivity index (χ4v) is 3.49. The second kappa shape index (κ2) is 6.35. The molecular formula is C5H11ClO5Te. The molecule has 1 rings (SSSR count). The van der Waals surface area contributed by atoms with Gasteiger partial charge >= 0.3 is 51.4 Å². The van der Waals surface area contributed by atoms with Gasteiger partial charge in [-0.15, -0.1) is 10.2 Å². The molecule has 0 aromatic carbocycles. The molecule has 0 atom stereocenters. The molecule has 0 N–H and O–H groups in total. The Morgan fingerprint density at radius 3 is 1.58 bits per heavy atom. The molecule has 1 aliphatic rings. The van der Waals surface area contributed by atoms with Crippen molar-refractivity contribution in [1.82, 2.24) is 0 Å². The normalized spacial score (nSPS) is 19.8. The number of hydrogen-bond donors (Lipinski definition) is 0. The Balaban J connectivity index is 0.000000217. The maximum atomic E-state index is 8.49. The van der Waals surface area contributed by atoms with E-state index in [1.807, 2.05) is 0 Å². The van der Waals surface area contributed by atoms with Gasteiger partial charge in [-0.2, -0.15) is 0 Å². The predicted molar refractivity (Wildman–Crippen MR) is 32.1 cm³/mol. The predicted octanol–water partition coefficient (Wildman–Crippen LogP) is -3.61. The van der Waals surface area contributed by atoms with E-state index in [1.165, 1.54) is 8.94 Å². The molecule has 0 aliphatic carbocycles. The summed E-state index contributed by atoms with van der Waals surface area (Å²) in [6.45, 7) is 2.13. The summed E-state index contributed by atoms with van der Waals surface area (Å²) >= 11 is -0.473. The van der Waals surface area contributed by atoms with Crippen molar-refractivity contribution in [2.45, 2.75) is 13.9 Å². The van der Waals surface area contributed by atoms with Crippen molar-refractivity contribution >= 4 is 19.6 Å². The van der Waals surface area contributed by atoms with Gasteiger partial charge in [-0.3, -0.25) is 0 Å². The molecule has 12 heavy (non-hydrogen) atoms. The zero-order chi connectivity index (χ0) is 9.61. The van der Waals surface area contributed by atoms with Crippen molar-refractivity contribution < 1.29 is 33.6 Å². The Labute approximate surface area is 80.3 Å². The Bertz CT molecular complexity index is 105. The number of ether oxygens (including phenoxy) is 1. The van der Waals surface area contributed by atoms with Crippen LogP contribution in [0, 0.1) is 10.2 Å². The average molecular weight is 314 g/mol. The van der Waals surface area contributed by atoms with Crippen molar-refractivity contribution in [2.24, 2.45) is 0 Å². The third-order valence-electron chi connectivity index (χ3n) is 1.15. The van der Waals surface area contributed by atoms with Gasteiger partial charge in [0, 0.05) is 0 Å². The topological polar surface area (TPSA) is 101 Å². The average Bonchev–Trinajstić information content (AvgIpc) is 1.85. The first-order valence-electron chi connectivity index (χ1n) is 3.18. The van der Waals surface area contributed by atoms with E-state index in [1.54, 1.807) is 0 Å². The van der Waals surface area contributed by atoms with Crippen LogP contribution in [0.5, 0.6) is 0 Å². The van der Waals surface area contributed by atoms with E-state index in [0.717, 1.165) is 13.2 Å². The summed E-state index contributed by atoms with van der Waals surface area (Å²) in [7, 11) is -4.94. The zero-order valence-electron chi connectivity index (χ0n) is 6.66. The third kappa shape index (κ3) is 13.5. The van der Waals surface area contributed by atoms with Crippen molar-refractivity contribution in [1.29, 1.82) is 0 Å². The summed E-state index contributed by atoms with van der Waals surface area (Å²) in [5, 5.41) is 0. The second-order valence-electron chi connectivity index (χ2n) is 2.18. The standard InChI is InChI=1S/C5H11OTe.ClHO4/c1-7-4-2-6-3-5-7;2-1(3,4)5/h2-5H2,1H3;(H,2,3,4,5)/q+1;/p-1. The van der Waals surface area contributed by atoms with Crippen LogP contribution >= 0.6 is 0 Å². The monoisotopic (exact) mass is 316 g/mol. The molecule has 0 unspecified atom stereocenters. The molecule has 0 amide bonds. The van der Waals surface area contributed by atoms with Gasteiger partial charge in [0.05, 0.1) is 0 Å². The first-order chi connectivity index (χ1) is 5.39. The SMILES string of the molecule is C[Te+]1CCOCC1.[O-][Cl+3]([O-])([O-])[O-]. The smallest absolute Gasteiger partial charge is 0.112 e. The van der Waals surface area contributed by atoms with Crippen LogP contribution in [0.3, 0.4) is 0 Å². The fraction of sp³-hybridized carbons (Fsp3) is 1.00. The van der Waals surface area contributed by atoms with Crippen LogP contribution in [-0.2, 0) is 4.74 Å². The molecule has 7 heteroatoms. The molecule has 74 valence electrons. The largest absolute Gasteiger partial charge is 0.222 e. The van der Waals surface area contributed by atoms with Crippen LogP contribution in [0.25, 0.3) is 0 Å². The van der Waals surface area contributed by atoms with Crippen LogP contribution < -0.4 is 18.6 Å². The Morgan fingerprint density at radius 2 is 1.42 bits per heavy atom. The van der Waals surface area contributed by atoms with Gasteiger partial charge in [-0.25, -0.2) is 18.6 Å². The van der Waals surface area contributed by atoms with E-state index in [0.29, 0.717) is 0 Å². The van der Waals surface area contributed by atoms with Crippen molar-refractivity contribution in [2.75, 3.05) is 13.2 Å². The maximum Gasteiger partial charge on any atom is -0.112 e. The van der Waals surface area contributed by atoms with E-state index in [4.69, 9.17) is 23.4 Å². The van der Waals surface area contributed by atoms with Crippen LogP contribution in [-0.4, -0.2) is 32.8 Å². The molecule has 0 bridgehead atoms. The van der Waals surface area contributed by atoms with Gasteiger partial charge in [0.1, 0.15) is 0 Å². The van der Waals surface area contributed by atoms with E-state index in [2.05, 4.69) is 4.97 Å². The van der Waals surface area contributed by atoms with Crippen molar-refractivity contribution in [3.63, 3.8) is 0 Å². The summed E-state index contributed by atoms with van der Waals surface area (Å²) in [5.41, 5.74) is 0. The Hall–Kier alpha value is 0.880. The second-order valence-corrected chi connectivity index (χ2v) is 9.73. The molecule has 0 spiro atoms. The summed E-state index contributed by atoms with van der Waals surface area (Å²) < 4.78 is 42.0. The van der Waals surface area contributed by atoms with Gasteiger partial charge in [-0.1, -0.05) is 0 Å². The van der Waals surface area contributed by atoms with Crippen molar-refractivity contribution in [3.8, 4) is 0 Å². The van der Waals surface area contributed by atoms with E-state index < -0.39 is 29.8 Å². The van der Waals surface area contributed by atoms with Crippen LogP contribution in [0.4, 0.5) is 0 Å². The fourth-order valence-electron chi connectivity index (χ4n) is 0.606. The molecule has 0 aromatic rings. The minimum Gasteiger partial charge on any atom is -0.222 e. The molecule has 0 radical (unpaired) electrons. The van der Waals surface area contributed by atoms with Crippen LogP contribution in [0.2, 0.25) is 13.9 Å². The number of halogens is 1. The summed E-state index contributed by atoms with van der Waals surface area (Å²) in [6.07, 6.45) is 0. The Kier molecular flexibility index (Phi) is 6.82. The zero-order valence-corrected chi connectivity index (χ0v) is 9.74. The van der Waals surface area contributed by atoms with Gasteiger partial charge in [0.25, 0.3) is 0 Å². The van der Waals surface area contributed by atoms with E-state index in [9.17, 15) is 0 Å². The molecule has 1 fully saturated rings. The van der Waals surface area contributed by atoms with Crippen molar-refractivity contribution in [3.05, 3.63) is 0 Å². The van der Waals surface area contributed by atoms with Gasteiger partial charge < -0.3 is 0 Å². The minimum atomic E-state index is -4.94. The first kappa shape index (κ1) is 12.9. The van der Waals surface area contributed by atoms with Gasteiger partial charge in [0.15, 0.2) is 0 Å². The molecular weight excluding hydrogens is 303 g/mol. The Morgan fingerprint density at radius 1 is 1.08 bits per heavy atom. The van der Waals surface area contributed by atoms with Crippen LogP contribution in [0.1, 0.15) is 0 Å². The van der Waals surface area contributed by atoms with Gasteiger partial charge in [0.2, 0.25) is 0 Å². The molecule has 1 saturated heterocycles. The summed E-state index contributed by atoms with van der Waals surface area (Å²) in [4.78, 5) is 2.45. The van der Waals surface area contributed by atoms with E-state index in [-0.39, 0.29) is 0 Å². The molecule has 0 aromatic heterocycles. The molecule has 5 nitrogen and oxygen atoms in total. The first-order valence-corrected chi connectivity index (χ1v) is 10.0. The molecule has 1 aliphatic heterocycles. The number of hydrogen-bond acceptors (Lipinski definition) is 5. The van der Waals surface area contributed by atoms with E-state index >= 15 is 0 Å². The quantitative estimate of drug-likeness (QED) is 0.430. The summed E-state index contributed by atoms with van der Waals surface area (Å²) in [5.74, 6) is 0.